The minimum atomic E-state index is -0.121. The van der Waals surface area contributed by atoms with Crippen LogP contribution in [0.15, 0.2) is 24.3 Å². The Labute approximate surface area is 150 Å². The summed E-state index contributed by atoms with van der Waals surface area (Å²) in [5.41, 5.74) is 0.766. The molecule has 3 rings (SSSR count). The quantitative estimate of drug-likeness (QED) is 0.859. The van der Waals surface area contributed by atoms with E-state index in [2.05, 4.69) is 15.1 Å². The second-order valence-electron chi connectivity index (χ2n) is 7.36. The van der Waals surface area contributed by atoms with Gasteiger partial charge in [0, 0.05) is 57.3 Å². The predicted octanol–water partition coefficient (Wildman–Crippen LogP) is 2.78. The molecule has 1 aliphatic carbocycles. The van der Waals surface area contributed by atoms with Crippen LogP contribution in [-0.4, -0.2) is 54.5 Å². The van der Waals surface area contributed by atoms with Crippen molar-refractivity contribution in [3.05, 3.63) is 35.6 Å². The monoisotopic (exact) mass is 347 g/mol. The first-order valence-corrected chi connectivity index (χ1v) is 9.68. The Kier molecular flexibility index (Phi) is 6.82. The average molecular weight is 347 g/mol. The summed E-state index contributed by atoms with van der Waals surface area (Å²) in [6.45, 7) is 5.25. The van der Waals surface area contributed by atoms with E-state index in [-0.39, 0.29) is 11.7 Å². The molecule has 1 saturated carbocycles. The molecule has 1 aromatic carbocycles. The molecule has 1 N–H and O–H groups in total. The molecule has 1 amide bonds. The highest BCUT2D eigenvalue weighted by Crippen LogP contribution is 2.17. The molecule has 1 aromatic rings. The summed E-state index contributed by atoms with van der Waals surface area (Å²) in [5, 5.41) is 3.19. The van der Waals surface area contributed by atoms with Crippen molar-refractivity contribution in [2.75, 3.05) is 32.7 Å². The topological polar surface area (TPSA) is 35.6 Å². The van der Waals surface area contributed by atoms with E-state index in [1.807, 2.05) is 12.1 Å². The van der Waals surface area contributed by atoms with Crippen molar-refractivity contribution in [2.24, 2.45) is 0 Å². The van der Waals surface area contributed by atoms with Gasteiger partial charge in [-0.15, -0.1) is 0 Å². The third-order valence-electron chi connectivity index (χ3n) is 5.44. The molecule has 0 spiro atoms. The van der Waals surface area contributed by atoms with Gasteiger partial charge < -0.3 is 10.2 Å². The fourth-order valence-electron chi connectivity index (χ4n) is 3.84. The third kappa shape index (κ3) is 5.79. The van der Waals surface area contributed by atoms with Gasteiger partial charge in [-0.1, -0.05) is 37.5 Å². The first-order valence-electron chi connectivity index (χ1n) is 9.68. The highest BCUT2D eigenvalue weighted by Gasteiger charge is 2.20. The van der Waals surface area contributed by atoms with Crippen LogP contribution in [0.4, 0.5) is 4.39 Å². The number of nitrogens with zero attached hydrogens (tertiary/aromatic N) is 2. The van der Waals surface area contributed by atoms with E-state index in [4.69, 9.17) is 0 Å². The average Bonchev–Trinajstić information content (AvgIpc) is 2.64. The second-order valence-corrected chi connectivity index (χ2v) is 7.36. The Hall–Kier alpha value is -1.46. The Morgan fingerprint density at radius 2 is 1.72 bits per heavy atom. The number of benzene rings is 1. The highest BCUT2D eigenvalue weighted by atomic mass is 19.1. The molecular formula is C20H30FN3O. The Balaban J connectivity index is 1.33. The summed E-state index contributed by atoms with van der Waals surface area (Å²) in [5.74, 6) is 0.0741. The number of rotatable bonds is 6. The van der Waals surface area contributed by atoms with E-state index in [0.717, 1.165) is 51.1 Å². The SMILES string of the molecule is O=C(CCN1CCN(Cc2ccccc2F)CC1)NC1CCCCC1. The van der Waals surface area contributed by atoms with Crippen molar-refractivity contribution in [1.82, 2.24) is 15.1 Å². The Morgan fingerprint density at radius 1 is 1.04 bits per heavy atom. The largest absolute Gasteiger partial charge is 0.353 e. The van der Waals surface area contributed by atoms with E-state index in [0.29, 0.717) is 19.0 Å². The van der Waals surface area contributed by atoms with Crippen LogP contribution in [0.2, 0.25) is 0 Å². The molecule has 1 aliphatic heterocycles. The zero-order valence-corrected chi connectivity index (χ0v) is 15.1. The van der Waals surface area contributed by atoms with Crippen LogP contribution in [0.5, 0.6) is 0 Å². The van der Waals surface area contributed by atoms with Gasteiger partial charge in [0.1, 0.15) is 5.82 Å². The van der Waals surface area contributed by atoms with Crippen LogP contribution in [0.3, 0.4) is 0 Å². The van der Waals surface area contributed by atoms with Crippen molar-refractivity contribution in [3.63, 3.8) is 0 Å². The maximum atomic E-state index is 13.7. The summed E-state index contributed by atoms with van der Waals surface area (Å²) < 4.78 is 13.7. The van der Waals surface area contributed by atoms with Crippen molar-refractivity contribution >= 4 is 5.91 Å². The van der Waals surface area contributed by atoms with E-state index < -0.39 is 0 Å². The number of carbonyl (C=O) groups is 1. The smallest absolute Gasteiger partial charge is 0.221 e. The summed E-state index contributed by atoms with van der Waals surface area (Å²) in [6, 6.07) is 7.40. The zero-order valence-electron chi connectivity index (χ0n) is 15.1. The van der Waals surface area contributed by atoms with Gasteiger partial charge in [-0.25, -0.2) is 4.39 Å². The molecule has 138 valence electrons. The van der Waals surface area contributed by atoms with Crippen LogP contribution < -0.4 is 5.32 Å². The van der Waals surface area contributed by atoms with Crippen LogP contribution in [0.25, 0.3) is 0 Å². The first kappa shape index (κ1) is 18.3. The fraction of sp³-hybridized carbons (Fsp3) is 0.650. The number of hydrogen-bond donors (Lipinski definition) is 1. The van der Waals surface area contributed by atoms with Gasteiger partial charge in [0.2, 0.25) is 5.91 Å². The zero-order chi connectivity index (χ0) is 17.5. The molecule has 2 fully saturated rings. The first-order chi connectivity index (χ1) is 12.2. The number of halogens is 1. The van der Waals surface area contributed by atoms with E-state index in [9.17, 15) is 9.18 Å². The number of amides is 1. The molecule has 4 nitrogen and oxygen atoms in total. The molecule has 0 radical (unpaired) electrons. The van der Waals surface area contributed by atoms with Gasteiger partial charge in [-0.3, -0.25) is 9.69 Å². The maximum absolute atomic E-state index is 13.7. The minimum Gasteiger partial charge on any atom is -0.353 e. The number of nitrogens with one attached hydrogen (secondary N) is 1. The van der Waals surface area contributed by atoms with Gasteiger partial charge in [-0.2, -0.15) is 0 Å². The molecular weight excluding hydrogens is 317 g/mol. The lowest BCUT2D eigenvalue weighted by molar-refractivity contribution is -0.122. The lowest BCUT2D eigenvalue weighted by Crippen LogP contribution is -2.47. The molecule has 1 heterocycles. The van der Waals surface area contributed by atoms with E-state index >= 15 is 0 Å². The summed E-state index contributed by atoms with van der Waals surface area (Å²) in [6.07, 6.45) is 6.66. The van der Waals surface area contributed by atoms with Gasteiger partial charge in [0.25, 0.3) is 0 Å². The number of carbonyl (C=O) groups excluding carboxylic acids is 1. The van der Waals surface area contributed by atoms with Gasteiger partial charge >= 0.3 is 0 Å². The molecule has 25 heavy (non-hydrogen) atoms. The van der Waals surface area contributed by atoms with Crippen LogP contribution in [0, 0.1) is 5.82 Å². The fourth-order valence-corrected chi connectivity index (χ4v) is 3.84. The molecule has 5 heteroatoms. The highest BCUT2D eigenvalue weighted by molar-refractivity contribution is 5.76. The summed E-state index contributed by atoms with van der Waals surface area (Å²) in [7, 11) is 0. The lowest BCUT2D eigenvalue weighted by atomic mass is 9.95. The molecule has 0 atom stereocenters. The normalized spacial score (nSPS) is 20.5. The Bertz CT molecular complexity index is 552. The second kappa shape index (κ2) is 9.30. The van der Waals surface area contributed by atoms with Crippen molar-refractivity contribution < 1.29 is 9.18 Å². The van der Waals surface area contributed by atoms with Crippen LogP contribution in [0.1, 0.15) is 44.1 Å². The lowest BCUT2D eigenvalue weighted by Gasteiger charge is -2.34. The van der Waals surface area contributed by atoms with E-state index in [1.165, 1.54) is 25.3 Å². The number of piperazine rings is 1. The third-order valence-corrected chi connectivity index (χ3v) is 5.44. The van der Waals surface area contributed by atoms with Gasteiger partial charge in [-0.05, 0) is 18.9 Å². The molecule has 0 unspecified atom stereocenters. The van der Waals surface area contributed by atoms with E-state index in [1.54, 1.807) is 6.07 Å². The maximum Gasteiger partial charge on any atom is 0.221 e. The molecule has 2 aliphatic rings. The van der Waals surface area contributed by atoms with Crippen molar-refractivity contribution in [3.8, 4) is 0 Å². The Morgan fingerprint density at radius 3 is 2.44 bits per heavy atom. The van der Waals surface area contributed by atoms with Gasteiger partial charge in [0.15, 0.2) is 0 Å². The van der Waals surface area contributed by atoms with Gasteiger partial charge in [0.05, 0.1) is 0 Å². The molecule has 1 saturated heterocycles. The van der Waals surface area contributed by atoms with Crippen LogP contribution >= 0.6 is 0 Å². The predicted molar refractivity (Wildman–Crippen MR) is 97.7 cm³/mol. The van der Waals surface area contributed by atoms with Crippen LogP contribution in [-0.2, 0) is 11.3 Å². The number of hydrogen-bond acceptors (Lipinski definition) is 3. The van der Waals surface area contributed by atoms with Crippen molar-refractivity contribution in [2.45, 2.75) is 51.1 Å². The minimum absolute atomic E-state index is 0.121. The standard InChI is InChI=1S/C20H30FN3O/c21-19-9-5-4-6-17(19)16-24-14-12-23(13-15-24)11-10-20(25)22-18-7-2-1-3-8-18/h4-6,9,18H,1-3,7-8,10-16H2,(H,22,25). The summed E-state index contributed by atoms with van der Waals surface area (Å²) in [4.78, 5) is 16.7. The molecule has 0 bridgehead atoms. The van der Waals surface area contributed by atoms with Crippen molar-refractivity contribution in [1.29, 1.82) is 0 Å². The summed E-state index contributed by atoms with van der Waals surface area (Å²) >= 11 is 0. The molecule has 0 aromatic heterocycles.